The third-order valence-corrected chi connectivity index (χ3v) is 4.90. The Balaban J connectivity index is 0.00000200. The van der Waals surface area contributed by atoms with Gasteiger partial charge in [0.25, 0.3) is 0 Å². The molecule has 2 atom stereocenters. The molecule has 2 rings (SSSR count). The van der Waals surface area contributed by atoms with Gasteiger partial charge in [0.15, 0.2) is 0 Å². The Labute approximate surface area is 131 Å². The highest BCUT2D eigenvalue weighted by Crippen LogP contribution is 2.23. The lowest BCUT2D eigenvalue weighted by atomic mass is 9.84. The monoisotopic (exact) mass is 316 g/mol. The molecule has 1 saturated carbocycles. The van der Waals surface area contributed by atoms with Crippen LogP contribution in [0.5, 0.6) is 0 Å². The van der Waals surface area contributed by atoms with Gasteiger partial charge < -0.3 is 11.1 Å². The van der Waals surface area contributed by atoms with Crippen molar-refractivity contribution >= 4 is 29.7 Å². The molecule has 1 amide bonds. The van der Waals surface area contributed by atoms with Crippen LogP contribution in [0.2, 0.25) is 0 Å². The standard InChI is InChI=1S/C15H24N2OS.ClH/c16-11-12-5-1-2-8-14(12)17-15(18)9-3-6-13-7-4-10-19-13;/h4,7,10,12,14H,1-3,5-6,8-9,11,16H2,(H,17,18);1H. The van der Waals surface area contributed by atoms with E-state index >= 15 is 0 Å². The minimum Gasteiger partial charge on any atom is -0.353 e. The lowest BCUT2D eigenvalue weighted by molar-refractivity contribution is -0.122. The number of hydrogen-bond acceptors (Lipinski definition) is 3. The number of rotatable bonds is 6. The highest BCUT2D eigenvalue weighted by atomic mass is 35.5. The summed E-state index contributed by atoms with van der Waals surface area (Å²) < 4.78 is 0. The summed E-state index contributed by atoms with van der Waals surface area (Å²) in [7, 11) is 0. The number of halogens is 1. The van der Waals surface area contributed by atoms with Crippen molar-refractivity contribution in [2.24, 2.45) is 11.7 Å². The van der Waals surface area contributed by atoms with Gasteiger partial charge in [-0.3, -0.25) is 4.79 Å². The number of amides is 1. The predicted octanol–water partition coefficient (Wildman–Crippen LogP) is 3.13. The molecule has 0 aromatic carbocycles. The first-order chi connectivity index (χ1) is 9.29. The molecule has 2 unspecified atom stereocenters. The van der Waals surface area contributed by atoms with Gasteiger partial charge in [-0.1, -0.05) is 18.9 Å². The van der Waals surface area contributed by atoms with E-state index in [1.54, 1.807) is 11.3 Å². The van der Waals surface area contributed by atoms with Crippen molar-refractivity contribution in [3.05, 3.63) is 22.4 Å². The first kappa shape index (κ1) is 17.5. The Bertz CT molecular complexity index is 383. The van der Waals surface area contributed by atoms with E-state index in [2.05, 4.69) is 22.8 Å². The molecule has 1 aromatic heterocycles. The number of hydrogen-bond donors (Lipinski definition) is 2. The van der Waals surface area contributed by atoms with Crippen LogP contribution in [0.25, 0.3) is 0 Å². The molecule has 0 saturated heterocycles. The maximum atomic E-state index is 12.0. The molecule has 0 spiro atoms. The van der Waals surface area contributed by atoms with Crippen molar-refractivity contribution in [1.82, 2.24) is 5.32 Å². The average molecular weight is 317 g/mol. The first-order valence-electron chi connectivity index (χ1n) is 7.31. The van der Waals surface area contributed by atoms with Crippen LogP contribution in [0, 0.1) is 5.92 Å². The van der Waals surface area contributed by atoms with Crippen molar-refractivity contribution < 1.29 is 4.79 Å². The fraction of sp³-hybridized carbons (Fsp3) is 0.667. The number of carbonyl (C=O) groups is 1. The fourth-order valence-corrected chi connectivity index (χ4v) is 3.59. The van der Waals surface area contributed by atoms with Crippen molar-refractivity contribution in [2.45, 2.75) is 51.0 Å². The summed E-state index contributed by atoms with van der Waals surface area (Å²) in [4.78, 5) is 13.3. The van der Waals surface area contributed by atoms with Crippen LogP contribution in [0.1, 0.15) is 43.4 Å². The molecular weight excluding hydrogens is 292 g/mol. The van der Waals surface area contributed by atoms with Crippen LogP contribution in [-0.2, 0) is 11.2 Å². The first-order valence-corrected chi connectivity index (χ1v) is 8.19. The van der Waals surface area contributed by atoms with Crippen molar-refractivity contribution in [2.75, 3.05) is 6.54 Å². The molecule has 1 aromatic rings. The number of thiophene rings is 1. The van der Waals surface area contributed by atoms with Gasteiger partial charge in [0.1, 0.15) is 0 Å². The molecule has 0 radical (unpaired) electrons. The Kier molecular flexibility index (Phi) is 8.19. The molecule has 3 nitrogen and oxygen atoms in total. The SMILES string of the molecule is Cl.NCC1CCCCC1NC(=O)CCCc1cccs1. The van der Waals surface area contributed by atoms with Crippen molar-refractivity contribution in [3.8, 4) is 0 Å². The summed E-state index contributed by atoms with van der Waals surface area (Å²) in [5.41, 5.74) is 5.78. The van der Waals surface area contributed by atoms with Gasteiger partial charge >= 0.3 is 0 Å². The van der Waals surface area contributed by atoms with E-state index in [4.69, 9.17) is 5.73 Å². The zero-order valence-electron chi connectivity index (χ0n) is 11.8. The average Bonchev–Trinajstić information content (AvgIpc) is 2.92. The number of carbonyl (C=O) groups excluding carboxylic acids is 1. The molecular formula is C15H25ClN2OS. The molecule has 5 heteroatoms. The van der Waals surface area contributed by atoms with Gasteiger partial charge in [-0.2, -0.15) is 0 Å². The minimum atomic E-state index is 0. The molecule has 3 N–H and O–H groups in total. The van der Waals surface area contributed by atoms with E-state index in [1.165, 1.54) is 17.7 Å². The molecule has 0 aliphatic heterocycles. The van der Waals surface area contributed by atoms with Gasteiger partial charge in [0.2, 0.25) is 5.91 Å². The molecule has 1 aliphatic rings. The summed E-state index contributed by atoms with van der Waals surface area (Å²) in [6, 6.07) is 4.51. The summed E-state index contributed by atoms with van der Waals surface area (Å²) >= 11 is 1.77. The maximum Gasteiger partial charge on any atom is 0.220 e. The molecule has 114 valence electrons. The highest BCUT2D eigenvalue weighted by molar-refractivity contribution is 7.09. The Morgan fingerprint density at radius 1 is 1.40 bits per heavy atom. The van der Waals surface area contributed by atoms with Gasteiger partial charge in [-0.15, -0.1) is 23.7 Å². The lowest BCUT2D eigenvalue weighted by Gasteiger charge is -2.31. The van der Waals surface area contributed by atoms with Gasteiger partial charge in [0.05, 0.1) is 0 Å². The summed E-state index contributed by atoms with van der Waals surface area (Å²) in [5, 5.41) is 5.27. The van der Waals surface area contributed by atoms with Gasteiger partial charge in [-0.05, 0) is 49.6 Å². The van der Waals surface area contributed by atoms with Crippen LogP contribution in [-0.4, -0.2) is 18.5 Å². The summed E-state index contributed by atoms with van der Waals surface area (Å²) in [6.45, 7) is 0.695. The Morgan fingerprint density at radius 2 is 2.20 bits per heavy atom. The zero-order chi connectivity index (χ0) is 13.5. The summed E-state index contributed by atoms with van der Waals surface area (Å²) in [5.74, 6) is 0.678. The second-order valence-corrected chi connectivity index (χ2v) is 6.42. The number of aryl methyl sites for hydroxylation is 1. The smallest absolute Gasteiger partial charge is 0.220 e. The van der Waals surface area contributed by atoms with E-state index < -0.39 is 0 Å². The molecule has 0 bridgehead atoms. The predicted molar refractivity (Wildman–Crippen MR) is 87.4 cm³/mol. The maximum absolute atomic E-state index is 12.0. The molecule has 1 fully saturated rings. The van der Waals surface area contributed by atoms with Crippen LogP contribution >= 0.6 is 23.7 Å². The van der Waals surface area contributed by atoms with Crippen LogP contribution in [0.4, 0.5) is 0 Å². The third kappa shape index (κ3) is 5.43. The van der Waals surface area contributed by atoms with Crippen LogP contribution < -0.4 is 11.1 Å². The Hall–Kier alpha value is -0.580. The molecule has 1 heterocycles. The number of nitrogens with one attached hydrogen (secondary N) is 1. The fourth-order valence-electron chi connectivity index (χ4n) is 2.84. The van der Waals surface area contributed by atoms with E-state index in [0.29, 0.717) is 24.9 Å². The topological polar surface area (TPSA) is 55.1 Å². The van der Waals surface area contributed by atoms with Gasteiger partial charge in [0, 0.05) is 17.3 Å². The highest BCUT2D eigenvalue weighted by Gasteiger charge is 2.24. The molecule has 20 heavy (non-hydrogen) atoms. The zero-order valence-corrected chi connectivity index (χ0v) is 13.5. The normalized spacial score (nSPS) is 22.1. The van der Waals surface area contributed by atoms with E-state index in [-0.39, 0.29) is 18.3 Å². The number of nitrogens with two attached hydrogens (primary N) is 1. The largest absolute Gasteiger partial charge is 0.353 e. The molecule has 1 aliphatic carbocycles. The second kappa shape index (κ2) is 9.37. The van der Waals surface area contributed by atoms with Crippen LogP contribution in [0.3, 0.4) is 0 Å². The Morgan fingerprint density at radius 3 is 2.90 bits per heavy atom. The van der Waals surface area contributed by atoms with Crippen molar-refractivity contribution in [3.63, 3.8) is 0 Å². The van der Waals surface area contributed by atoms with E-state index in [9.17, 15) is 4.79 Å². The minimum absolute atomic E-state index is 0. The van der Waals surface area contributed by atoms with E-state index in [1.807, 2.05) is 0 Å². The third-order valence-electron chi connectivity index (χ3n) is 3.97. The summed E-state index contributed by atoms with van der Waals surface area (Å²) in [6.07, 6.45) is 7.31. The van der Waals surface area contributed by atoms with Crippen LogP contribution in [0.15, 0.2) is 17.5 Å². The quantitative estimate of drug-likeness (QED) is 0.847. The second-order valence-electron chi connectivity index (χ2n) is 5.39. The van der Waals surface area contributed by atoms with Crippen molar-refractivity contribution in [1.29, 1.82) is 0 Å². The van der Waals surface area contributed by atoms with E-state index in [0.717, 1.165) is 25.7 Å². The lowest BCUT2D eigenvalue weighted by Crippen LogP contribution is -2.44. The van der Waals surface area contributed by atoms with Gasteiger partial charge in [-0.25, -0.2) is 0 Å².